The van der Waals surface area contributed by atoms with Crippen molar-refractivity contribution in [2.75, 3.05) is 5.32 Å². The minimum absolute atomic E-state index is 0.121. The molecule has 3 aromatic rings. The number of aryl methyl sites for hydroxylation is 1. The summed E-state index contributed by atoms with van der Waals surface area (Å²) in [7, 11) is 0. The maximum Gasteiger partial charge on any atom is 0.227 e. The van der Waals surface area contributed by atoms with Crippen LogP contribution in [0.15, 0.2) is 53.1 Å². The lowest BCUT2D eigenvalue weighted by Crippen LogP contribution is -2.45. The summed E-state index contributed by atoms with van der Waals surface area (Å²) in [6.45, 7) is 1.72. The van der Waals surface area contributed by atoms with Gasteiger partial charge in [0.25, 0.3) is 0 Å². The van der Waals surface area contributed by atoms with Crippen molar-refractivity contribution in [3.63, 3.8) is 0 Å². The molecule has 190 valence electrons. The van der Waals surface area contributed by atoms with Crippen molar-refractivity contribution in [1.29, 1.82) is 0 Å². The quantitative estimate of drug-likeness (QED) is 0.404. The highest BCUT2D eigenvalue weighted by Gasteiger charge is 2.38. The third kappa shape index (κ3) is 6.90. The summed E-state index contributed by atoms with van der Waals surface area (Å²) in [4.78, 5) is 28.9. The van der Waals surface area contributed by atoms with Gasteiger partial charge in [-0.2, -0.15) is 4.98 Å². The number of amides is 2. The fourth-order valence-corrected chi connectivity index (χ4v) is 4.53. The predicted molar refractivity (Wildman–Crippen MR) is 132 cm³/mol. The van der Waals surface area contributed by atoms with Crippen LogP contribution in [0.4, 0.5) is 10.1 Å². The Morgan fingerprint density at radius 2 is 1.86 bits per heavy atom. The van der Waals surface area contributed by atoms with Crippen molar-refractivity contribution in [2.45, 2.75) is 70.4 Å². The summed E-state index contributed by atoms with van der Waals surface area (Å²) < 4.78 is 24.5. The predicted octanol–water partition coefficient (Wildman–Crippen LogP) is 5.04. The van der Waals surface area contributed by atoms with Crippen LogP contribution in [0.25, 0.3) is 0 Å². The molecule has 0 atom stereocenters. The number of hydrogen-bond donors (Lipinski definition) is 2. The van der Waals surface area contributed by atoms with E-state index in [1.165, 1.54) is 19.1 Å². The lowest BCUT2D eigenvalue weighted by Gasteiger charge is -2.30. The highest BCUT2D eigenvalue weighted by molar-refractivity contribution is 5.90. The molecular formula is C27H31FN4O4. The Morgan fingerprint density at radius 1 is 1.08 bits per heavy atom. The van der Waals surface area contributed by atoms with Crippen LogP contribution in [0.2, 0.25) is 0 Å². The Hall–Kier alpha value is -3.75. The van der Waals surface area contributed by atoms with E-state index in [-0.39, 0.29) is 37.1 Å². The van der Waals surface area contributed by atoms with E-state index < -0.39 is 5.54 Å². The summed E-state index contributed by atoms with van der Waals surface area (Å²) in [6.07, 6.45) is 6.17. The zero-order valence-electron chi connectivity index (χ0n) is 20.4. The van der Waals surface area contributed by atoms with E-state index in [1.54, 1.807) is 36.4 Å². The number of carbonyl (C=O) groups is 2. The molecule has 0 unspecified atom stereocenters. The summed E-state index contributed by atoms with van der Waals surface area (Å²) in [5.74, 6) is 0.766. The minimum atomic E-state index is -0.613. The fourth-order valence-electron chi connectivity index (χ4n) is 4.53. The summed E-state index contributed by atoms with van der Waals surface area (Å²) >= 11 is 0. The van der Waals surface area contributed by atoms with E-state index in [9.17, 15) is 14.0 Å². The molecule has 8 nitrogen and oxygen atoms in total. The summed E-state index contributed by atoms with van der Waals surface area (Å²) in [5, 5.41) is 10.1. The van der Waals surface area contributed by atoms with Crippen LogP contribution < -0.4 is 15.4 Å². The third-order valence-electron chi connectivity index (χ3n) is 6.25. The Bertz CT molecular complexity index is 1190. The van der Waals surface area contributed by atoms with Gasteiger partial charge in [0, 0.05) is 31.5 Å². The van der Waals surface area contributed by atoms with Gasteiger partial charge in [0.1, 0.15) is 23.7 Å². The first-order chi connectivity index (χ1) is 17.4. The SMILES string of the molecule is CC(=O)NC1(c2noc(CCC(=O)Nc3cccc(OCc4cccc(F)c4)c3)n2)CCCCCC1. The highest BCUT2D eigenvalue weighted by atomic mass is 19.1. The number of nitrogens with one attached hydrogen (secondary N) is 2. The van der Waals surface area contributed by atoms with Gasteiger partial charge in [0.05, 0.1) is 0 Å². The molecule has 1 fully saturated rings. The van der Waals surface area contributed by atoms with E-state index in [0.717, 1.165) is 38.5 Å². The molecule has 2 aromatic carbocycles. The standard InChI is InChI=1S/C27H31FN4O4/c1-19(33)31-27(14-4-2-3-5-15-27)26-30-25(36-32-26)13-12-24(34)29-22-10-7-11-23(17-22)35-18-20-8-6-9-21(28)16-20/h6-11,16-17H,2-5,12-15,18H2,1H3,(H,29,34)(H,31,33). The maximum atomic E-state index is 13.3. The Morgan fingerprint density at radius 3 is 2.61 bits per heavy atom. The lowest BCUT2D eigenvalue weighted by molar-refractivity contribution is -0.121. The van der Waals surface area contributed by atoms with Gasteiger partial charge in [-0.3, -0.25) is 9.59 Å². The van der Waals surface area contributed by atoms with E-state index in [4.69, 9.17) is 9.26 Å². The van der Waals surface area contributed by atoms with Crippen molar-refractivity contribution in [3.05, 3.63) is 71.6 Å². The first-order valence-corrected chi connectivity index (χ1v) is 12.3. The normalized spacial score (nSPS) is 15.1. The number of nitrogens with zero attached hydrogens (tertiary/aromatic N) is 2. The van der Waals surface area contributed by atoms with Crippen LogP contribution in [-0.4, -0.2) is 22.0 Å². The van der Waals surface area contributed by atoms with Crippen LogP contribution in [0.5, 0.6) is 5.75 Å². The molecule has 36 heavy (non-hydrogen) atoms. The van der Waals surface area contributed by atoms with Crippen molar-refractivity contribution in [1.82, 2.24) is 15.5 Å². The summed E-state index contributed by atoms with van der Waals surface area (Å²) in [6, 6.07) is 13.2. The topological polar surface area (TPSA) is 106 Å². The number of ether oxygens (including phenoxy) is 1. The van der Waals surface area contributed by atoms with Gasteiger partial charge >= 0.3 is 0 Å². The third-order valence-corrected chi connectivity index (χ3v) is 6.25. The first-order valence-electron chi connectivity index (χ1n) is 12.3. The second kappa shape index (κ2) is 11.8. The van der Waals surface area contributed by atoms with E-state index in [2.05, 4.69) is 20.8 Å². The van der Waals surface area contributed by atoms with Crippen molar-refractivity contribution < 1.29 is 23.2 Å². The molecule has 1 aliphatic rings. The monoisotopic (exact) mass is 494 g/mol. The smallest absolute Gasteiger partial charge is 0.227 e. The van der Waals surface area contributed by atoms with Crippen LogP contribution in [0.3, 0.4) is 0 Å². The zero-order valence-corrected chi connectivity index (χ0v) is 20.4. The van der Waals surface area contributed by atoms with Crippen molar-refractivity contribution in [3.8, 4) is 5.75 Å². The van der Waals surface area contributed by atoms with Crippen LogP contribution in [0.1, 0.15) is 69.1 Å². The van der Waals surface area contributed by atoms with Gasteiger partial charge < -0.3 is 19.9 Å². The van der Waals surface area contributed by atoms with Gasteiger partial charge in [-0.15, -0.1) is 0 Å². The first kappa shape index (κ1) is 25.3. The van der Waals surface area contributed by atoms with Crippen molar-refractivity contribution >= 4 is 17.5 Å². The molecule has 1 saturated carbocycles. The molecule has 4 rings (SSSR count). The fraction of sp³-hybridized carbons (Fsp3) is 0.407. The largest absolute Gasteiger partial charge is 0.489 e. The number of carbonyl (C=O) groups excluding carboxylic acids is 2. The Kier molecular flexibility index (Phi) is 8.30. The minimum Gasteiger partial charge on any atom is -0.489 e. The number of rotatable bonds is 9. The molecule has 0 aliphatic heterocycles. The van der Waals surface area contributed by atoms with Crippen LogP contribution >= 0.6 is 0 Å². The van der Waals surface area contributed by atoms with Gasteiger partial charge in [-0.05, 0) is 42.7 Å². The second-order valence-electron chi connectivity index (χ2n) is 9.18. The Labute approximate surface area is 209 Å². The van der Waals surface area contributed by atoms with E-state index in [1.807, 2.05) is 0 Å². The number of halogens is 1. The molecule has 2 N–H and O–H groups in total. The number of benzene rings is 2. The van der Waals surface area contributed by atoms with E-state index in [0.29, 0.717) is 28.7 Å². The average Bonchev–Trinajstić information content (AvgIpc) is 3.21. The molecule has 2 amide bonds. The van der Waals surface area contributed by atoms with Crippen LogP contribution in [-0.2, 0) is 28.2 Å². The molecule has 1 heterocycles. The van der Waals surface area contributed by atoms with Crippen molar-refractivity contribution in [2.24, 2.45) is 0 Å². The van der Waals surface area contributed by atoms with Crippen LogP contribution in [0, 0.1) is 5.82 Å². The maximum absolute atomic E-state index is 13.3. The molecule has 9 heteroatoms. The van der Waals surface area contributed by atoms with Gasteiger partial charge in [-0.25, -0.2) is 4.39 Å². The number of hydrogen-bond acceptors (Lipinski definition) is 6. The molecule has 0 bridgehead atoms. The molecule has 0 saturated heterocycles. The summed E-state index contributed by atoms with van der Waals surface area (Å²) in [5.41, 5.74) is 0.691. The Balaban J connectivity index is 1.32. The molecular weight excluding hydrogens is 463 g/mol. The highest BCUT2D eigenvalue weighted by Crippen LogP contribution is 2.34. The lowest BCUT2D eigenvalue weighted by atomic mass is 9.89. The average molecular weight is 495 g/mol. The molecule has 0 spiro atoms. The molecule has 1 aliphatic carbocycles. The second-order valence-corrected chi connectivity index (χ2v) is 9.18. The molecule has 1 aromatic heterocycles. The van der Waals surface area contributed by atoms with Gasteiger partial charge in [0.2, 0.25) is 17.7 Å². The number of aromatic nitrogens is 2. The van der Waals surface area contributed by atoms with Gasteiger partial charge in [0.15, 0.2) is 5.82 Å². The number of anilines is 1. The molecule has 0 radical (unpaired) electrons. The van der Waals surface area contributed by atoms with E-state index >= 15 is 0 Å². The van der Waals surface area contributed by atoms with Gasteiger partial charge in [-0.1, -0.05) is 49.0 Å². The zero-order chi connectivity index (χ0) is 25.4.